The number of aryl methyl sites for hydroxylation is 1. The Kier molecular flexibility index (Phi) is 6.62. The third kappa shape index (κ3) is 5.15. The summed E-state index contributed by atoms with van der Waals surface area (Å²) in [5.41, 5.74) is 4.95. The van der Waals surface area contributed by atoms with Crippen LogP contribution < -0.4 is 10.6 Å². The normalized spacial score (nSPS) is 11.4. The number of nitrogens with one attached hydrogen (secondary N) is 2. The fourth-order valence-corrected chi connectivity index (χ4v) is 4.48. The van der Waals surface area contributed by atoms with E-state index in [1.54, 1.807) is 10.6 Å². The second-order valence-electron chi connectivity index (χ2n) is 7.93. The highest BCUT2D eigenvalue weighted by molar-refractivity contribution is 7.80. The Morgan fingerprint density at radius 1 is 1.12 bits per heavy atom. The minimum atomic E-state index is -0.293. The Bertz CT molecular complexity index is 1350. The lowest BCUT2D eigenvalue weighted by molar-refractivity contribution is -0.115. The average molecular weight is 477 g/mol. The van der Waals surface area contributed by atoms with E-state index in [0.29, 0.717) is 5.92 Å². The molecular formula is C24H24N6OS2. The predicted octanol–water partition coefficient (Wildman–Crippen LogP) is 5.12. The summed E-state index contributed by atoms with van der Waals surface area (Å²) >= 11 is 6.82. The largest absolute Gasteiger partial charge is 0.332 e. The second kappa shape index (κ2) is 9.60. The minimum absolute atomic E-state index is 0.231. The zero-order valence-electron chi connectivity index (χ0n) is 18.8. The van der Waals surface area contributed by atoms with Crippen molar-refractivity contribution in [1.82, 2.24) is 25.1 Å². The van der Waals surface area contributed by atoms with Crippen LogP contribution in [-0.4, -0.2) is 30.8 Å². The molecule has 0 fully saturated rings. The van der Waals surface area contributed by atoms with Gasteiger partial charge in [-0.2, -0.15) is 9.61 Å². The molecule has 1 amide bonds. The number of hydrogen-bond donors (Lipinski definition) is 2. The molecular weight excluding hydrogens is 452 g/mol. The number of hydrogen-bond acceptors (Lipinski definition) is 6. The van der Waals surface area contributed by atoms with Crippen molar-refractivity contribution in [3.05, 3.63) is 71.1 Å². The molecule has 9 heteroatoms. The van der Waals surface area contributed by atoms with Crippen LogP contribution in [0, 0.1) is 13.8 Å². The molecule has 2 aromatic heterocycles. The summed E-state index contributed by atoms with van der Waals surface area (Å²) in [5.74, 6) is 0.922. The van der Waals surface area contributed by atoms with E-state index < -0.39 is 0 Å². The molecule has 0 spiro atoms. The van der Waals surface area contributed by atoms with Crippen LogP contribution in [0.1, 0.15) is 42.3 Å². The van der Waals surface area contributed by atoms with E-state index in [2.05, 4.69) is 51.9 Å². The first-order valence-electron chi connectivity index (χ1n) is 10.5. The summed E-state index contributed by atoms with van der Waals surface area (Å²) in [6.07, 6.45) is 3.24. The van der Waals surface area contributed by atoms with Crippen LogP contribution in [0.4, 0.5) is 5.69 Å². The molecule has 2 heterocycles. The molecule has 7 nitrogen and oxygen atoms in total. The molecule has 0 radical (unpaired) electrons. The monoisotopic (exact) mass is 476 g/mol. The minimum Gasteiger partial charge on any atom is -0.332 e. The van der Waals surface area contributed by atoms with E-state index in [0.717, 1.165) is 38.2 Å². The molecule has 0 bridgehead atoms. The van der Waals surface area contributed by atoms with Crippen molar-refractivity contribution >= 4 is 51.3 Å². The first-order valence-corrected chi connectivity index (χ1v) is 11.7. The van der Waals surface area contributed by atoms with Gasteiger partial charge in [0.05, 0.1) is 0 Å². The van der Waals surface area contributed by atoms with Crippen LogP contribution in [0.15, 0.2) is 48.5 Å². The lowest BCUT2D eigenvalue weighted by atomic mass is 10.0. The Hall–Kier alpha value is -3.43. The summed E-state index contributed by atoms with van der Waals surface area (Å²) in [4.78, 5) is 13.1. The molecule has 2 N–H and O–H groups in total. The summed E-state index contributed by atoms with van der Waals surface area (Å²) < 4.78 is 1.73. The van der Waals surface area contributed by atoms with E-state index in [9.17, 15) is 4.79 Å². The molecule has 33 heavy (non-hydrogen) atoms. The third-order valence-corrected chi connectivity index (χ3v) is 6.36. The summed E-state index contributed by atoms with van der Waals surface area (Å²) in [6.45, 7) is 8.15. The zero-order valence-corrected chi connectivity index (χ0v) is 20.4. The molecule has 4 rings (SSSR count). The first-order chi connectivity index (χ1) is 15.8. The van der Waals surface area contributed by atoms with Gasteiger partial charge in [0.25, 0.3) is 0 Å². The zero-order chi connectivity index (χ0) is 23.5. The van der Waals surface area contributed by atoms with E-state index >= 15 is 0 Å². The average Bonchev–Trinajstić information content (AvgIpc) is 3.36. The van der Waals surface area contributed by atoms with E-state index in [4.69, 9.17) is 12.2 Å². The highest BCUT2D eigenvalue weighted by Crippen LogP contribution is 2.31. The number of aromatic nitrogens is 4. The fourth-order valence-electron chi connectivity index (χ4n) is 3.30. The molecule has 0 aliphatic heterocycles. The number of nitrogens with zero attached hydrogens (tertiary/aromatic N) is 4. The summed E-state index contributed by atoms with van der Waals surface area (Å²) in [7, 11) is 0. The van der Waals surface area contributed by atoms with Gasteiger partial charge in [-0.25, -0.2) is 0 Å². The first kappa shape index (κ1) is 22.8. The van der Waals surface area contributed by atoms with E-state index in [1.807, 2.05) is 44.2 Å². The number of carbonyl (C=O) groups excluding carboxylic acids is 1. The highest BCUT2D eigenvalue weighted by Gasteiger charge is 2.14. The van der Waals surface area contributed by atoms with E-state index in [-0.39, 0.29) is 11.0 Å². The lowest BCUT2D eigenvalue weighted by Gasteiger charge is -2.13. The third-order valence-electron chi connectivity index (χ3n) is 5.23. The Labute approximate surface area is 201 Å². The summed E-state index contributed by atoms with van der Waals surface area (Å²) in [5, 5.41) is 19.7. The van der Waals surface area contributed by atoms with Gasteiger partial charge in [-0.05, 0) is 60.8 Å². The van der Waals surface area contributed by atoms with Crippen LogP contribution in [0.3, 0.4) is 0 Å². The van der Waals surface area contributed by atoms with Crippen molar-refractivity contribution in [1.29, 1.82) is 0 Å². The van der Waals surface area contributed by atoms with Crippen LogP contribution in [-0.2, 0) is 4.79 Å². The van der Waals surface area contributed by atoms with Gasteiger partial charge in [-0.3, -0.25) is 10.1 Å². The molecule has 0 aliphatic rings. The number of amides is 1. The predicted molar refractivity (Wildman–Crippen MR) is 137 cm³/mol. The number of thiocarbonyl (C=S) groups is 1. The van der Waals surface area contributed by atoms with Gasteiger partial charge in [-0.1, -0.05) is 61.6 Å². The standard InChI is InChI=1S/C24H24N6OS2/c1-14(2)18-11-8-17(9-12-18)10-13-21(31)26-23(32)25-20-7-5-6-19(15(20)3)22-29-30-16(4)27-28-24(30)33-22/h5-14H,1-4H3,(H2,25,26,31,32)/b13-10+. The molecule has 0 saturated heterocycles. The Morgan fingerprint density at radius 3 is 2.58 bits per heavy atom. The molecule has 0 unspecified atom stereocenters. The van der Waals surface area contributed by atoms with Crippen molar-refractivity contribution in [2.24, 2.45) is 0 Å². The lowest BCUT2D eigenvalue weighted by Crippen LogP contribution is -2.33. The number of anilines is 1. The highest BCUT2D eigenvalue weighted by atomic mass is 32.1. The Balaban J connectivity index is 1.42. The van der Waals surface area contributed by atoms with Crippen molar-refractivity contribution < 1.29 is 4.79 Å². The molecule has 2 aromatic carbocycles. The van der Waals surface area contributed by atoms with Gasteiger partial charge in [0.15, 0.2) is 10.9 Å². The molecule has 4 aromatic rings. The van der Waals surface area contributed by atoms with Crippen LogP contribution in [0.5, 0.6) is 0 Å². The van der Waals surface area contributed by atoms with Crippen LogP contribution >= 0.6 is 23.6 Å². The maximum absolute atomic E-state index is 12.3. The molecule has 168 valence electrons. The van der Waals surface area contributed by atoms with E-state index in [1.165, 1.54) is 23.0 Å². The smallest absolute Gasteiger partial charge is 0.250 e. The molecule has 0 aliphatic carbocycles. The van der Waals surface area contributed by atoms with Gasteiger partial charge in [0.2, 0.25) is 10.9 Å². The fraction of sp³-hybridized carbons (Fsp3) is 0.208. The van der Waals surface area contributed by atoms with Crippen molar-refractivity contribution in [2.75, 3.05) is 5.32 Å². The van der Waals surface area contributed by atoms with Gasteiger partial charge in [0, 0.05) is 17.3 Å². The number of carbonyl (C=O) groups is 1. The number of benzene rings is 2. The SMILES string of the molecule is Cc1c(NC(=S)NC(=O)/C=C/c2ccc(C(C)C)cc2)cccc1-c1nn2c(C)nnc2s1. The van der Waals surface area contributed by atoms with Crippen molar-refractivity contribution in [3.63, 3.8) is 0 Å². The van der Waals surface area contributed by atoms with Gasteiger partial charge >= 0.3 is 0 Å². The van der Waals surface area contributed by atoms with Gasteiger partial charge < -0.3 is 5.32 Å². The molecule has 0 atom stereocenters. The van der Waals surface area contributed by atoms with Crippen molar-refractivity contribution in [3.8, 4) is 10.6 Å². The Morgan fingerprint density at radius 2 is 1.88 bits per heavy atom. The maximum atomic E-state index is 12.3. The quantitative estimate of drug-likeness (QED) is 0.307. The number of rotatable bonds is 5. The second-order valence-corrected chi connectivity index (χ2v) is 9.29. The summed E-state index contributed by atoms with van der Waals surface area (Å²) in [6, 6.07) is 14.0. The number of fused-ring (bicyclic) bond motifs is 1. The molecule has 0 saturated carbocycles. The van der Waals surface area contributed by atoms with Gasteiger partial charge in [0.1, 0.15) is 5.01 Å². The topological polar surface area (TPSA) is 84.2 Å². The van der Waals surface area contributed by atoms with Crippen LogP contribution in [0.2, 0.25) is 0 Å². The van der Waals surface area contributed by atoms with Gasteiger partial charge in [-0.15, -0.1) is 10.2 Å². The van der Waals surface area contributed by atoms with Crippen molar-refractivity contribution in [2.45, 2.75) is 33.6 Å². The van der Waals surface area contributed by atoms with Crippen LogP contribution in [0.25, 0.3) is 21.6 Å². The maximum Gasteiger partial charge on any atom is 0.250 e.